The third kappa shape index (κ3) is 3.65. The Labute approximate surface area is 190 Å². The summed E-state index contributed by atoms with van der Waals surface area (Å²) in [5.74, 6) is 0.804. The minimum Gasteiger partial charge on any atom is -0.412 e. The van der Waals surface area contributed by atoms with Gasteiger partial charge in [-0.25, -0.2) is 4.98 Å². The average Bonchev–Trinajstić information content (AvgIpc) is 3.46. The van der Waals surface area contributed by atoms with Gasteiger partial charge in [-0.1, -0.05) is 12.1 Å². The van der Waals surface area contributed by atoms with Gasteiger partial charge in [-0.05, 0) is 30.5 Å². The van der Waals surface area contributed by atoms with E-state index in [1.165, 1.54) is 4.90 Å². The average molecular weight is 448 g/mol. The summed E-state index contributed by atoms with van der Waals surface area (Å²) in [5.41, 5.74) is 2.23. The van der Waals surface area contributed by atoms with E-state index >= 15 is 0 Å². The van der Waals surface area contributed by atoms with Crippen LogP contribution in [0.15, 0.2) is 34.9 Å². The summed E-state index contributed by atoms with van der Waals surface area (Å²) in [7, 11) is 5.01. The highest BCUT2D eigenvalue weighted by Crippen LogP contribution is 2.42. The van der Waals surface area contributed by atoms with E-state index in [1.807, 2.05) is 24.3 Å². The number of hydrogen-bond acceptors (Lipinski definition) is 9. The van der Waals surface area contributed by atoms with Crippen molar-refractivity contribution in [3.05, 3.63) is 47.5 Å². The number of nitrogens with zero attached hydrogens (tertiary/aromatic N) is 6. The van der Waals surface area contributed by atoms with E-state index in [0.29, 0.717) is 23.9 Å². The molecule has 3 aromatic rings. The number of fused-ring (bicyclic) bond motifs is 3. The summed E-state index contributed by atoms with van der Waals surface area (Å²) in [4.78, 5) is 37.2. The Hall–Kier alpha value is -4.02. The SMILES string of the molecule is CNc1ncc2c(n1)N1C(CC[C@H]1c1cccc(-c3nnc(C(=O)N(C)C)o3)c1)CNC2=O. The normalized spacial score (nSPS) is 19.4. The zero-order valence-corrected chi connectivity index (χ0v) is 18.6. The minimum absolute atomic E-state index is 0.00630. The van der Waals surface area contributed by atoms with Crippen LogP contribution < -0.4 is 15.5 Å². The van der Waals surface area contributed by atoms with Crippen LogP contribution in [0.2, 0.25) is 0 Å². The maximum absolute atomic E-state index is 12.6. The molecule has 1 unspecified atom stereocenters. The molecule has 4 heterocycles. The topological polar surface area (TPSA) is 129 Å². The van der Waals surface area contributed by atoms with Gasteiger partial charge in [0.15, 0.2) is 0 Å². The number of amides is 2. The van der Waals surface area contributed by atoms with E-state index in [2.05, 4.69) is 35.7 Å². The molecule has 5 rings (SSSR count). The number of hydrogen-bond donors (Lipinski definition) is 2. The van der Waals surface area contributed by atoms with Crippen molar-refractivity contribution >= 4 is 23.6 Å². The van der Waals surface area contributed by atoms with Gasteiger partial charge in [0, 0.05) is 45.5 Å². The van der Waals surface area contributed by atoms with Crippen LogP contribution in [0.1, 0.15) is 45.5 Å². The van der Waals surface area contributed by atoms with Gasteiger partial charge in [-0.3, -0.25) is 9.59 Å². The minimum atomic E-state index is -0.345. The molecule has 0 spiro atoms. The fourth-order valence-corrected chi connectivity index (χ4v) is 4.38. The zero-order chi connectivity index (χ0) is 23.1. The molecular weight excluding hydrogens is 424 g/mol. The number of rotatable bonds is 4. The van der Waals surface area contributed by atoms with Crippen LogP contribution in [0.25, 0.3) is 11.5 Å². The summed E-state index contributed by atoms with van der Waals surface area (Å²) in [6.45, 7) is 0.542. The molecule has 2 aliphatic heterocycles. The predicted molar refractivity (Wildman–Crippen MR) is 120 cm³/mol. The van der Waals surface area contributed by atoms with Gasteiger partial charge in [-0.15, -0.1) is 10.2 Å². The molecule has 2 atom stereocenters. The van der Waals surface area contributed by atoms with E-state index in [9.17, 15) is 9.59 Å². The molecule has 1 fully saturated rings. The second kappa shape index (κ2) is 8.15. The van der Waals surface area contributed by atoms with E-state index in [1.54, 1.807) is 27.3 Å². The zero-order valence-electron chi connectivity index (χ0n) is 18.6. The highest BCUT2D eigenvalue weighted by atomic mass is 16.4. The van der Waals surface area contributed by atoms with Crippen molar-refractivity contribution in [1.82, 2.24) is 30.4 Å². The molecule has 1 saturated heterocycles. The number of carbonyl (C=O) groups excluding carboxylic acids is 2. The van der Waals surface area contributed by atoms with Crippen LogP contribution in [0.5, 0.6) is 0 Å². The summed E-state index contributed by atoms with van der Waals surface area (Å²) < 4.78 is 5.63. The molecule has 1 aromatic carbocycles. The number of nitrogens with one attached hydrogen (secondary N) is 2. The van der Waals surface area contributed by atoms with Crippen LogP contribution in [0.4, 0.5) is 11.8 Å². The Morgan fingerprint density at radius 2 is 2.12 bits per heavy atom. The molecule has 11 nitrogen and oxygen atoms in total. The maximum Gasteiger partial charge on any atom is 0.310 e. The fourth-order valence-electron chi connectivity index (χ4n) is 4.38. The lowest BCUT2D eigenvalue weighted by Crippen LogP contribution is -2.37. The third-order valence-corrected chi connectivity index (χ3v) is 6.01. The van der Waals surface area contributed by atoms with Gasteiger partial charge in [0.1, 0.15) is 11.4 Å². The monoisotopic (exact) mass is 448 g/mol. The first-order valence-corrected chi connectivity index (χ1v) is 10.7. The maximum atomic E-state index is 12.6. The van der Waals surface area contributed by atoms with Gasteiger partial charge in [0.2, 0.25) is 11.8 Å². The first-order chi connectivity index (χ1) is 16.0. The van der Waals surface area contributed by atoms with E-state index < -0.39 is 0 Å². The molecule has 2 aromatic heterocycles. The van der Waals surface area contributed by atoms with Crippen molar-refractivity contribution in [2.75, 3.05) is 37.9 Å². The smallest absolute Gasteiger partial charge is 0.310 e. The van der Waals surface area contributed by atoms with E-state index in [-0.39, 0.29) is 35.7 Å². The second-order valence-corrected chi connectivity index (χ2v) is 8.28. The van der Waals surface area contributed by atoms with Crippen molar-refractivity contribution < 1.29 is 14.0 Å². The van der Waals surface area contributed by atoms with Crippen molar-refractivity contribution in [1.29, 1.82) is 0 Å². The van der Waals surface area contributed by atoms with Crippen LogP contribution >= 0.6 is 0 Å². The first-order valence-electron chi connectivity index (χ1n) is 10.7. The lowest BCUT2D eigenvalue weighted by Gasteiger charge is -2.31. The van der Waals surface area contributed by atoms with Gasteiger partial charge < -0.3 is 24.9 Å². The van der Waals surface area contributed by atoms with Gasteiger partial charge in [-0.2, -0.15) is 4.98 Å². The number of carbonyl (C=O) groups is 2. The summed E-state index contributed by atoms with van der Waals surface area (Å²) in [5, 5.41) is 13.9. The van der Waals surface area contributed by atoms with Gasteiger partial charge in [0.05, 0.1) is 6.04 Å². The van der Waals surface area contributed by atoms with Gasteiger partial charge in [0.25, 0.3) is 5.91 Å². The highest BCUT2D eigenvalue weighted by molar-refractivity contribution is 5.99. The first kappa shape index (κ1) is 20.9. The van der Waals surface area contributed by atoms with Crippen LogP contribution in [-0.2, 0) is 0 Å². The molecule has 0 saturated carbocycles. The second-order valence-electron chi connectivity index (χ2n) is 8.28. The molecule has 33 heavy (non-hydrogen) atoms. The van der Waals surface area contributed by atoms with Crippen molar-refractivity contribution in [3.8, 4) is 11.5 Å². The van der Waals surface area contributed by atoms with Crippen molar-refractivity contribution in [2.45, 2.75) is 24.9 Å². The van der Waals surface area contributed by atoms with Crippen LogP contribution in [-0.4, -0.2) is 70.6 Å². The molecule has 2 amide bonds. The number of anilines is 2. The standard InChI is InChI=1S/C22H24N8O3/c1-23-22-25-11-15-17(26-22)30-14(10-24-18(15)31)7-8-16(30)12-5-4-6-13(9-12)19-27-28-20(33-19)21(32)29(2)3/h4-6,9,11,14,16H,7-8,10H2,1-3H3,(H,24,31)(H,23,25,26)/t14?,16-/m0/s1. The number of aromatic nitrogens is 4. The van der Waals surface area contributed by atoms with Crippen LogP contribution in [0, 0.1) is 0 Å². The van der Waals surface area contributed by atoms with Gasteiger partial charge >= 0.3 is 11.8 Å². The van der Waals surface area contributed by atoms with Crippen molar-refractivity contribution in [2.24, 2.45) is 0 Å². The molecule has 2 aliphatic rings. The molecule has 0 radical (unpaired) electrons. The molecule has 11 heteroatoms. The Morgan fingerprint density at radius 3 is 2.91 bits per heavy atom. The summed E-state index contributed by atoms with van der Waals surface area (Å²) in [6, 6.07) is 7.96. The Bertz CT molecular complexity index is 1220. The Morgan fingerprint density at radius 1 is 1.27 bits per heavy atom. The summed E-state index contributed by atoms with van der Waals surface area (Å²) >= 11 is 0. The third-order valence-electron chi connectivity index (χ3n) is 6.01. The Balaban J connectivity index is 1.52. The van der Waals surface area contributed by atoms with E-state index in [4.69, 9.17) is 4.42 Å². The molecular formula is C22H24N8O3. The molecule has 2 N–H and O–H groups in total. The van der Waals surface area contributed by atoms with Crippen LogP contribution in [0.3, 0.4) is 0 Å². The molecule has 0 bridgehead atoms. The summed E-state index contributed by atoms with van der Waals surface area (Å²) in [6.07, 6.45) is 3.38. The highest BCUT2D eigenvalue weighted by Gasteiger charge is 2.40. The number of benzene rings is 1. The predicted octanol–water partition coefficient (Wildman–Crippen LogP) is 1.72. The fraction of sp³-hybridized carbons (Fsp3) is 0.364. The quantitative estimate of drug-likeness (QED) is 0.613. The lowest BCUT2D eigenvalue weighted by molar-refractivity contribution is 0.0789. The molecule has 170 valence electrons. The largest absolute Gasteiger partial charge is 0.412 e. The molecule has 0 aliphatic carbocycles. The van der Waals surface area contributed by atoms with E-state index in [0.717, 1.165) is 24.0 Å². The van der Waals surface area contributed by atoms with Crippen molar-refractivity contribution in [3.63, 3.8) is 0 Å². The lowest BCUT2D eigenvalue weighted by atomic mass is 10.0. The Kier molecular flexibility index (Phi) is 5.15.